The summed E-state index contributed by atoms with van der Waals surface area (Å²) in [6, 6.07) is 2.46. The Hall–Kier alpha value is -2.17. The predicted molar refractivity (Wildman–Crippen MR) is 89.4 cm³/mol. The Morgan fingerprint density at radius 3 is 2.80 bits per heavy atom. The third-order valence-electron chi connectivity index (χ3n) is 4.19. The number of amides is 1. The van der Waals surface area contributed by atoms with Gasteiger partial charge in [-0.25, -0.2) is 17.7 Å². The van der Waals surface area contributed by atoms with Crippen molar-refractivity contribution in [1.82, 2.24) is 24.1 Å². The van der Waals surface area contributed by atoms with E-state index in [1.807, 2.05) is 17.8 Å². The molecule has 1 atom stereocenters. The van der Waals surface area contributed by atoms with Crippen molar-refractivity contribution in [3.8, 4) is 0 Å². The summed E-state index contributed by atoms with van der Waals surface area (Å²) in [6.07, 6.45) is 3.50. The molecule has 25 heavy (non-hydrogen) atoms. The lowest BCUT2D eigenvalue weighted by molar-refractivity contribution is 0.0582. The van der Waals surface area contributed by atoms with E-state index in [1.165, 1.54) is 26.2 Å². The molecule has 0 aromatic carbocycles. The smallest absolute Gasteiger partial charge is 0.290 e. The minimum atomic E-state index is -3.72. The average molecular weight is 367 g/mol. The highest BCUT2D eigenvalue weighted by molar-refractivity contribution is 7.88. The summed E-state index contributed by atoms with van der Waals surface area (Å²) in [5, 5.41) is 3.00. The van der Waals surface area contributed by atoms with Crippen molar-refractivity contribution in [1.29, 1.82) is 0 Å². The number of nitrogens with zero attached hydrogens (tertiary/aromatic N) is 4. The minimum absolute atomic E-state index is 0.00142. The molecule has 2 aromatic heterocycles. The number of aromatic nitrogens is 2. The first-order valence-electron chi connectivity index (χ1n) is 7.83. The number of carbonyl (C=O) groups is 1. The zero-order chi connectivity index (χ0) is 18.2. The third-order valence-corrected chi connectivity index (χ3v) is 5.88. The topological polar surface area (TPSA) is 101 Å². The van der Waals surface area contributed by atoms with Crippen LogP contribution in [0.2, 0.25) is 0 Å². The van der Waals surface area contributed by atoms with Crippen molar-refractivity contribution in [3.05, 3.63) is 36.1 Å². The molecule has 136 valence electrons. The fourth-order valence-corrected chi connectivity index (χ4v) is 3.57. The molecule has 1 N–H and O–H groups in total. The van der Waals surface area contributed by atoms with Crippen LogP contribution in [0.25, 0.3) is 0 Å². The highest BCUT2D eigenvalue weighted by atomic mass is 32.2. The molecule has 0 aliphatic carbocycles. The van der Waals surface area contributed by atoms with E-state index in [-0.39, 0.29) is 22.8 Å². The molecule has 1 aliphatic rings. The highest BCUT2D eigenvalue weighted by Crippen LogP contribution is 2.25. The zero-order valence-electron chi connectivity index (χ0n) is 14.3. The number of carbonyl (C=O) groups excluding carboxylic acids is 1. The standard InChI is InChI=1S/C15H21N5O4S/c1-18(2)25(22,23)13-5-4-12(24-13)15(21)20-9-6-16-10-11(20)14-17-7-8-19(14)3/h4-5,7-8,11,16H,6,9-10H2,1-3H3. The fourth-order valence-electron chi connectivity index (χ4n) is 2.77. The van der Waals surface area contributed by atoms with E-state index in [4.69, 9.17) is 4.42 Å². The van der Waals surface area contributed by atoms with Gasteiger partial charge < -0.3 is 19.2 Å². The molecule has 3 heterocycles. The van der Waals surface area contributed by atoms with Gasteiger partial charge in [0.1, 0.15) is 11.9 Å². The first-order chi connectivity index (χ1) is 11.8. The van der Waals surface area contributed by atoms with Crippen LogP contribution >= 0.6 is 0 Å². The molecular weight excluding hydrogens is 346 g/mol. The maximum Gasteiger partial charge on any atom is 0.290 e. The first-order valence-corrected chi connectivity index (χ1v) is 9.27. The molecular formula is C15H21N5O4S. The van der Waals surface area contributed by atoms with Gasteiger partial charge in [-0.1, -0.05) is 0 Å². The van der Waals surface area contributed by atoms with Crippen LogP contribution in [0.1, 0.15) is 22.4 Å². The monoisotopic (exact) mass is 367 g/mol. The van der Waals surface area contributed by atoms with Crippen LogP contribution in [0.5, 0.6) is 0 Å². The summed E-state index contributed by atoms with van der Waals surface area (Å²) in [5.41, 5.74) is 0. The van der Waals surface area contributed by atoms with Crippen molar-refractivity contribution < 1.29 is 17.6 Å². The van der Waals surface area contributed by atoms with Crippen molar-refractivity contribution in [2.45, 2.75) is 11.1 Å². The molecule has 1 amide bonds. The van der Waals surface area contributed by atoms with Crippen LogP contribution in [-0.4, -0.2) is 66.8 Å². The summed E-state index contributed by atoms with van der Waals surface area (Å²) in [4.78, 5) is 18.9. The second-order valence-corrected chi connectivity index (χ2v) is 8.10. The van der Waals surface area contributed by atoms with Gasteiger partial charge in [-0.2, -0.15) is 0 Å². The fraction of sp³-hybridized carbons (Fsp3) is 0.467. The van der Waals surface area contributed by atoms with E-state index in [0.29, 0.717) is 19.6 Å². The van der Waals surface area contributed by atoms with Gasteiger partial charge in [0.15, 0.2) is 5.76 Å². The predicted octanol–water partition coefficient (Wildman–Crippen LogP) is 0.0501. The number of hydrogen-bond acceptors (Lipinski definition) is 6. The summed E-state index contributed by atoms with van der Waals surface area (Å²) >= 11 is 0. The molecule has 0 radical (unpaired) electrons. The van der Waals surface area contributed by atoms with E-state index < -0.39 is 10.0 Å². The van der Waals surface area contributed by atoms with Crippen LogP contribution in [-0.2, 0) is 17.1 Å². The molecule has 1 fully saturated rings. The van der Waals surface area contributed by atoms with E-state index in [2.05, 4.69) is 10.3 Å². The van der Waals surface area contributed by atoms with Crippen molar-refractivity contribution in [3.63, 3.8) is 0 Å². The molecule has 2 aromatic rings. The number of sulfonamides is 1. The molecule has 1 aliphatic heterocycles. The third kappa shape index (κ3) is 3.20. The van der Waals surface area contributed by atoms with Crippen LogP contribution < -0.4 is 5.32 Å². The lowest BCUT2D eigenvalue weighted by Crippen LogP contribution is -2.49. The van der Waals surface area contributed by atoms with Gasteiger partial charge >= 0.3 is 0 Å². The lowest BCUT2D eigenvalue weighted by atomic mass is 10.1. The van der Waals surface area contributed by atoms with Crippen molar-refractivity contribution in [2.24, 2.45) is 7.05 Å². The Balaban J connectivity index is 1.89. The maximum absolute atomic E-state index is 12.9. The molecule has 9 nitrogen and oxygen atoms in total. The van der Waals surface area contributed by atoms with Gasteiger partial charge in [0, 0.05) is 53.2 Å². The van der Waals surface area contributed by atoms with E-state index in [0.717, 1.165) is 10.1 Å². The number of aryl methyl sites for hydroxylation is 1. The molecule has 0 bridgehead atoms. The Morgan fingerprint density at radius 1 is 1.40 bits per heavy atom. The van der Waals surface area contributed by atoms with Gasteiger partial charge in [-0.3, -0.25) is 4.79 Å². The Kier molecular flexibility index (Phi) is 4.67. The van der Waals surface area contributed by atoms with Crippen LogP contribution in [0, 0.1) is 0 Å². The highest BCUT2D eigenvalue weighted by Gasteiger charge is 2.33. The Labute approximate surface area is 146 Å². The van der Waals surface area contributed by atoms with Crippen LogP contribution in [0.15, 0.2) is 34.0 Å². The number of nitrogens with one attached hydrogen (secondary N) is 1. The van der Waals surface area contributed by atoms with E-state index >= 15 is 0 Å². The van der Waals surface area contributed by atoms with Crippen molar-refractivity contribution in [2.75, 3.05) is 33.7 Å². The molecule has 0 spiro atoms. The van der Waals surface area contributed by atoms with Gasteiger partial charge in [-0.05, 0) is 12.1 Å². The summed E-state index contributed by atoms with van der Waals surface area (Å²) in [6.45, 7) is 1.70. The second-order valence-electron chi connectivity index (χ2n) is 6.02. The second kappa shape index (κ2) is 6.62. The molecule has 1 saturated heterocycles. The van der Waals surface area contributed by atoms with Gasteiger partial charge in [0.2, 0.25) is 5.09 Å². The number of rotatable bonds is 4. The number of piperazine rings is 1. The normalized spacial score (nSPS) is 18.7. The van der Waals surface area contributed by atoms with Gasteiger partial charge in [-0.15, -0.1) is 0 Å². The SMILES string of the molecule is CN(C)S(=O)(=O)c1ccc(C(=O)N2CCNCC2c2nccn2C)o1. The number of hydrogen-bond donors (Lipinski definition) is 1. The summed E-state index contributed by atoms with van der Waals surface area (Å²) in [7, 11) is 0.972. The van der Waals surface area contributed by atoms with Gasteiger partial charge in [0.25, 0.3) is 15.9 Å². The zero-order valence-corrected chi connectivity index (χ0v) is 15.2. The summed E-state index contributed by atoms with van der Waals surface area (Å²) in [5.74, 6) is 0.407. The first kappa shape index (κ1) is 17.6. The van der Waals surface area contributed by atoms with Crippen LogP contribution in [0.3, 0.4) is 0 Å². The number of furan rings is 1. The quantitative estimate of drug-likeness (QED) is 0.820. The number of imidazole rings is 1. The Bertz CT molecular complexity index is 870. The Morgan fingerprint density at radius 2 is 2.16 bits per heavy atom. The maximum atomic E-state index is 12.9. The largest absolute Gasteiger partial charge is 0.438 e. The minimum Gasteiger partial charge on any atom is -0.438 e. The molecule has 10 heteroatoms. The van der Waals surface area contributed by atoms with Gasteiger partial charge in [0.05, 0.1) is 0 Å². The molecule has 3 rings (SSSR count). The molecule has 1 unspecified atom stereocenters. The van der Waals surface area contributed by atoms with E-state index in [9.17, 15) is 13.2 Å². The average Bonchev–Trinajstić information content (AvgIpc) is 3.23. The lowest BCUT2D eigenvalue weighted by Gasteiger charge is -2.35. The van der Waals surface area contributed by atoms with E-state index in [1.54, 1.807) is 11.1 Å². The summed E-state index contributed by atoms with van der Waals surface area (Å²) < 4.78 is 32.5. The van der Waals surface area contributed by atoms with Crippen molar-refractivity contribution >= 4 is 15.9 Å². The molecule has 0 saturated carbocycles. The van der Waals surface area contributed by atoms with Crippen LogP contribution in [0.4, 0.5) is 0 Å².